The van der Waals surface area contributed by atoms with Crippen molar-refractivity contribution in [2.45, 2.75) is 37.5 Å². The summed E-state index contributed by atoms with van der Waals surface area (Å²) in [7, 11) is 0. The Hall–Kier alpha value is -1.81. The molecule has 1 aliphatic rings. The maximum Gasteiger partial charge on any atom is 0.404 e. The Kier molecular flexibility index (Phi) is 4.21. The molecule has 0 saturated heterocycles. The predicted octanol–water partition coefficient (Wildman–Crippen LogP) is 3.92. The first kappa shape index (κ1) is 15.1. The van der Waals surface area contributed by atoms with Crippen molar-refractivity contribution in [2.75, 3.05) is 0 Å². The van der Waals surface area contributed by atoms with Crippen LogP contribution in [0.15, 0.2) is 54.6 Å². The molecule has 0 amide bonds. The topological polar surface area (TPSA) is 12.0 Å². The van der Waals surface area contributed by atoms with Gasteiger partial charge >= 0.3 is 6.18 Å². The van der Waals surface area contributed by atoms with E-state index in [4.69, 9.17) is 0 Å². The summed E-state index contributed by atoms with van der Waals surface area (Å²) in [4.78, 5) is 0. The third-order valence-electron chi connectivity index (χ3n) is 4.17. The molecule has 0 spiro atoms. The first-order valence-corrected chi connectivity index (χ1v) is 7.46. The molecule has 2 aromatic rings. The van der Waals surface area contributed by atoms with Crippen molar-refractivity contribution in [3.8, 4) is 0 Å². The van der Waals surface area contributed by atoms with E-state index in [1.165, 1.54) is 0 Å². The Labute approximate surface area is 128 Å². The van der Waals surface area contributed by atoms with Gasteiger partial charge in [-0.1, -0.05) is 54.6 Å². The van der Waals surface area contributed by atoms with Crippen LogP contribution in [0.4, 0.5) is 13.2 Å². The van der Waals surface area contributed by atoms with Crippen LogP contribution in [0.1, 0.15) is 16.7 Å². The molecule has 0 aromatic heterocycles. The summed E-state index contributed by atoms with van der Waals surface area (Å²) in [6, 6.07) is 15.1. The molecule has 0 fully saturated rings. The molecule has 1 atom stereocenters. The minimum Gasteiger partial charge on any atom is -0.302 e. The summed E-state index contributed by atoms with van der Waals surface area (Å²) >= 11 is 0. The quantitative estimate of drug-likeness (QED) is 0.903. The Bertz CT molecular complexity index is 597. The van der Waals surface area contributed by atoms with Gasteiger partial charge < -0.3 is 5.32 Å². The monoisotopic (exact) mass is 305 g/mol. The summed E-state index contributed by atoms with van der Waals surface area (Å²) < 4.78 is 40.0. The molecule has 1 aliphatic carbocycles. The standard InChI is InChI=1S/C18H18F3N/c19-18(20,21)17(10-13-6-2-1-3-7-13)22-16-11-14-8-4-5-9-15(14)12-16/h1-9,16-17,22H,10-12H2. The Balaban J connectivity index is 1.70. The van der Waals surface area contributed by atoms with E-state index in [0.29, 0.717) is 18.4 Å². The lowest BCUT2D eigenvalue weighted by Gasteiger charge is -2.25. The van der Waals surface area contributed by atoms with Crippen molar-refractivity contribution in [2.24, 2.45) is 0 Å². The molecule has 3 rings (SSSR count). The van der Waals surface area contributed by atoms with E-state index in [9.17, 15) is 13.2 Å². The highest BCUT2D eigenvalue weighted by atomic mass is 19.4. The number of halogens is 3. The molecular formula is C18H18F3N. The first-order chi connectivity index (χ1) is 10.5. The second-order valence-electron chi connectivity index (χ2n) is 5.82. The maximum atomic E-state index is 13.3. The van der Waals surface area contributed by atoms with Crippen LogP contribution in [0.5, 0.6) is 0 Å². The Morgan fingerprint density at radius 2 is 1.45 bits per heavy atom. The number of alkyl halides is 3. The number of nitrogens with one attached hydrogen (secondary N) is 1. The van der Waals surface area contributed by atoms with Crippen molar-refractivity contribution in [1.82, 2.24) is 5.32 Å². The predicted molar refractivity (Wildman–Crippen MR) is 80.8 cm³/mol. The minimum atomic E-state index is -4.25. The van der Waals surface area contributed by atoms with Gasteiger partial charge in [0.1, 0.15) is 6.04 Å². The van der Waals surface area contributed by atoms with Crippen LogP contribution >= 0.6 is 0 Å². The molecule has 116 valence electrons. The molecular weight excluding hydrogens is 287 g/mol. The van der Waals surface area contributed by atoms with E-state index in [0.717, 1.165) is 11.1 Å². The maximum absolute atomic E-state index is 13.3. The summed E-state index contributed by atoms with van der Waals surface area (Å²) in [5, 5.41) is 2.83. The second kappa shape index (κ2) is 6.13. The third kappa shape index (κ3) is 3.50. The van der Waals surface area contributed by atoms with Crippen LogP contribution in [0.25, 0.3) is 0 Å². The number of hydrogen-bond acceptors (Lipinski definition) is 1. The highest BCUT2D eigenvalue weighted by Gasteiger charge is 2.41. The Morgan fingerprint density at radius 3 is 2.00 bits per heavy atom. The van der Waals surface area contributed by atoms with Gasteiger partial charge in [-0.05, 0) is 36.0 Å². The van der Waals surface area contributed by atoms with Crippen molar-refractivity contribution < 1.29 is 13.2 Å². The van der Waals surface area contributed by atoms with Crippen molar-refractivity contribution >= 4 is 0 Å². The molecule has 1 N–H and O–H groups in total. The number of rotatable bonds is 4. The molecule has 2 aromatic carbocycles. The first-order valence-electron chi connectivity index (χ1n) is 7.46. The molecule has 22 heavy (non-hydrogen) atoms. The van der Waals surface area contributed by atoms with Gasteiger partial charge in [-0.2, -0.15) is 13.2 Å². The number of fused-ring (bicyclic) bond motifs is 1. The van der Waals surface area contributed by atoms with Crippen molar-refractivity contribution in [1.29, 1.82) is 0 Å². The van der Waals surface area contributed by atoms with Gasteiger partial charge in [0.25, 0.3) is 0 Å². The van der Waals surface area contributed by atoms with Gasteiger partial charge in [-0.25, -0.2) is 0 Å². The largest absolute Gasteiger partial charge is 0.404 e. The van der Waals surface area contributed by atoms with Gasteiger partial charge in [-0.15, -0.1) is 0 Å². The van der Waals surface area contributed by atoms with E-state index < -0.39 is 12.2 Å². The van der Waals surface area contributed by atoms with Crippen LogP contribution < -0.4 is 5.32 Å². The van der Waals surface area contributed by atoms with Crippen LogP contribution in [0.2, 0.25) is 0 Å². The summed E-state index contributed by atoms with van der Waals surface area (Å²) in [6.07, 6.45) is -2.95. The zero-order valence-corrected chi connectivity index (χ0v) is 12.1. The van der Waals surface area contributed by atoms with Gasteiger partial charge in [0.05, 0.1) is 0 Å². The van der Waals surface area contributed by atoms with Gasteiger partial charge in [0.2, 0.25) is 0 Å². The lowest BCUT2D eigenvalue weighted by Crippen LogP contribution is -2.49. The fraction of sp³-hybridized carbons (Fsp3) is 0.333. The van der Waals surface area contributed by atoms with Gasteiger partial charge in [0.15, 0.2) is 0 Å². The molecule has 0 heterocycles. The molecule has 4 heteroatoms. The van der Waals surface area contributed by atoms with Gasteiger partial charge in [-0.3, -0.25) is 0 Å². The molecule has 0 saturated carbocycles. The van der Waals surface area contributed by atoms with Crippen LogP contribution in [-0.2, 0) is 19.3 Å². The summed E-state index contributed by atoms with van der Waals surface area (Å²) in [5.74, 6) is 0. The van der Waals surface area contributed by atoms with E-state index in [1.807, 2.05) is 30.3 Å². The van der Waals surface area contributed by atoms with Crippen molar-refractivity contribution in [3.63, 3.8) is 0 Å². The van der Waals surface area contributed by atoms with E-state index in [1.54, 1.807) is 24.3 Å². The zero-order valence-electron chi connectivity index (χ0n) is 12.1. The van der Waals surface area contributed by atoms with E-state index in [2.05, 4.69) is 5.32 Å². The van der Waals surface area contributed by atoms with Crippen LogP contribution in [0, 0.1) is 0 Å². The number of benzene rings is 2. The fourth-order valence-corrected chi connectivity index (χ4v) is 3.08. The number of hydrogen-bond donors (Lipinski definition) is 1. The van der Waals surface area contributed by atoms with E-state index >= 15 is 0 Å². The lowest BCUT2D eigenvalue weighted by molar-refractivity contribution is -0.157. The van der Waals surface area contributed by atoms with Crippen LogP contribution in [-0.4, -0.2) is 18.3 Å². The molecule has 1 unspecified atom stereocenters. The summed E-state index contributed by atoms with van der Waals surface area (Å²) in [6.45, 7) is 0. The molecule has 0 bridgehead atoms. The van der Waals surface area contributed by atoms with E-state index in [-0.39, 0.29) is 12.5 Å². The normalized spacial score (nSPS) is 16.5. The Morgan fingerprint density at radius 1 is 0.909 bits per heavy atom. The minimum absolute atomic E-state index is 0.0306. The molecule has 0 aliphatic heterocycles. The summed E-state index contributed by atoms with van der Waals surface area (Å²) in [5.41, 5.74) is 3.01. The van der Waals surface area contributed by atoms with Crippen LogP contribution in [0.3, 0.4) is 0 Å². The highest BCUT2D eigenvalue weighted by molar-refractivity contribution is 5.33. The smallest absolute Gasteiger partial charge is 0.302 e. The third-order valence-corrected chi connectivity index (χ3v) is 4.17. The molecule has 1 nitrogen and oxygen atoms in total. The SMILES string of the molecule is FC(F)(F)C(Cc1ccccc1)NC1Cc2ccccc2C1. The highest BCUT2D eigenvalue weighted by Crippen LogP contribution is 2.27. The van der Waals surface area contributed by atoms with Crippen molar-refractivity contribution in [3.05, 3.63) is 71.3 Å². The molecule has 0 radical (unpaired) electrons. The zero-order chi connectivity index (χ0) is 15.6. The average molecular weight is 305 g/mol. The fourth-order valence-electron chi connectivity index (χ4n) is 3.08. The van der Waals surface area contributed by atoms with Gasteiger partial charge in [0, 0.05) is 6.04 Å². The average Bonchev–Trinajstić information content (AvgIpc) is 2.89. The second-order valence-corrected chi connectivity index (χ2v) is 5.82. The lowest BCUT2D eigenvalue weighted by atomic mass is 10.0.